The molecular weight excluding hydrogens is 286 g/mol. The summed E-state index contributed by atoms with van der Waals surface area (Å²) < 4.78 is 11.1. The molecule has 2 aromatic carbocycles. The van der Waals surface area contributed by atoms with Crippen LogP contribution in [0.25, 0.3) is 0 Å². The maximum absolute atomic E-state index is 6.27. The van der Waals surface area contributed by atoms with Crippen molar-refractivity contribution in [2.24, 2.45) is 5.73 Å². The highest BCUT2D eigenvalue weighted by atomic mass is 35.5. The predicted octanol–water partition coefficient (Wildman–Crippen LogP) is 4.17. The van der Waals surface area contributed by atoms with Gasteiger partial charge in [-0.15, -0.1) is 0 Å². The zero-order valence-corrected chi connectivity index (χ0v) is 13.1. The number of rotatable bonds is 6. The van der Waals surface area contributed by atoms with Gasteiger partial charge in [0.2, 0.25) is 0 Å². The number of nitrogens with two attached hydrogens (primary N) is 1. The second-order valence-corrected chi connectivity index (χ2v) is 5.50. The van der Waals surface area contributed by atoms with E-state index in [0.717, 1.165) is 16.9 Å². The van der Waals surface area contributed by atoms with E-state index in [1.165, 1.54) is 0 Å². The van der Waals surface area contributed by atoms with Crippen molar-refractivity contribution in [1.82, 2.24) is 0 Å². The van der Waals surface area contributed by atoms with Crippen LogP contribution in [0.5, 0.6) is 11.5 Å². The topological polar surface area (TPSA) is 44.5 Å². The molecule has 2 rings (SSSR count). The fourth-order valence-electron chi connectivity index (χ4n) is 2.16. The first-order chi connectivity index (χ1) is 10.1. The summed E-state index contributed by atoms with van der Waals surface area (Å²) >= 11 is 6.27. The van der Waals surface area contributed by atoms with Gasteiger partial charge in [-0.05, 0) is 42.7 Å². The molecule has 0 aromatic heterocycles. The van der Waals surface area contributed by atoms with Crippen molar-refractivity contribution in [3.63, 3.8) is 0 Å². The fraction of sp³-hybridized carbons (Fsp3) is 0.294. The molecule has 112 valence electrons. The summed E-state index contributed by atoms with van der Waals surface area (Å²) in [5.74, 6) is 1.41. The van der Waals surface area contributed by atoms with Gasteiger partial charge in [0.05, 0.1) is 11.6 Å². The minimum absolute atomic E-state index is 0.0469. The Bertz CT molecular complexity index is 599. The monoisotopic (exact) mass is 305 g/mol. The molecule has 0 heterocycles. The van der Waals surface area contributed by atoms with Crippen molar-refractivity contribution in [1.29, 1.82) is 0 Å². The first-order valence-corrected chi connectivity index (χ1v) is 7.26. The van der Waals surface area contributed by atoms with Gasteiger partial charge in [-0.2, -0.15) is 0 Å². The SMILES string of the molecule is COCc1cccc(Oc2c(Cl)cccc2CC(C)N)c1. The summed E-state index contributed by atoms with van der Waals surface area (Å²) in [4.78, 5) is 0. The Hall–Kier alpha value is -1.55. The fourth-order valence-corrected chi connectivity index (χ4v) is 2.39. The molecule has 0 spiro atoms. The lowest BCUT2D eigenvalue weighted by atomic mass is 10.1. The highest BCUT2D eigenvalue weighted by molar-refractivity contribution is 6.32. The van der Waals surface area contributed by atoms with Crippen LogP contribution in [-0.4, -0.2) is 13.2 Å². The molecule has 3 nitrogen and oxygen atoms in total. The van der Waals surface area contributed by atoms with Crippen molar-refractivity contribution in [3.8, 4) is 11.5 Å². The van der Waals surface area contributed by atoms with Crippen LogP contribution in [0.4, 0.5) is 0 Å². The van der Waals surface area contributed by atoms with Gasteiger partial charge in [-0.3, -0.25) is 0 Å². The Morgan fingerprint density at radius 2 is 1.95 bits per heavy atom. The van der Waals surface area contributed by atoms with E-state index in [4.69, 9.17) is 26.8 Å². The van der Waals surface area contributed by atoms with Gasteiger partial charge in [0.15, 0.2) is 0 Å². The number of halogens is 1. The Morgan fingerprint density at radius 1 is 1.19 bits per heavy atom. The standard InChI is InChI=1S/C17H20ClNO2/c1-12(19)9-14-6-4-8-16(18)17(14)21-15-7-3-5-13(10-15)11-20-2/h3-8,10,12H,9,11,19H2,1-2H3. The zero-order chi connectivity index (χ0) is 15.2. The normalized spacial score (nSPS) is 12.2. The van der Waals surface area contributed by atoms with Gasteiger partial charge in [0, 0.05) is 13.2 Å². The third kappa shape index (κ3) is 4.46. The van der Waals surface area contributed by atoms with Crippen molar-refractivity contribution in [2.75, 3.05) is 7.11 Å². The van der Waals surface area contributed by atoms with Gasteiger partial charge in [0.1, 0.15) is 11.5 Å². The molecule has 4 heteroatoms. The summed E-state index contributed by atoms with van der Waals surface area (Å²) in [5, 5.41) is 0.588. The Balaban J connectivity index is 2.28. The van der Waals surface area contributed by atoms with Crippen LogP contribution in [0.15, 0.2) is 42.5 Å². The molecule has 0 bridgehead atoms. The summed E-state index contributed by atoms with van der Waals surface area (Å²) in [6.45, 7) is 2.51. The Kier molecular flexibility index (Phi) is 5.62. The van der Waals surface area contributed by atoms with Crippen molar-refractivity contribution in [3.05, 3.63) is 58.6 Å². The minimum Gasteiger partial charge on any atom is -0.456 e. The van der Waals surface area contributed by atoms with Crippen molar-refractivity contribution in [2.45, 2.75) is 26.0 Å². The van der Waals surface area contributed by atoms with Gasteiger partial charge in [-0.25, -0.2) is 0 Å². The Morgan fingerprint density at radius 3 is 2.67 bits per heavy atom. The van der Waals surface area contributed by atoms with Gasteiger partial charge in [0.25, 0.3) is 0 Å². The molecule has 0 radical (unpaired) electrons. The third-order valence-electron chi connectivity index (χ3n) is 3.02. The molecule has 0 fully saturated rings. The molecule has 0 amide bonds. The molecule has 0 aliphatic rings. The summed E-state index contributed by atoms with van der Waals surface area (Å²) in [6, 6.07) is 13.5. The van der Waals surface area contributed by atoms with Crippen molar-refractivity contribution >= 4 is 11.6 Å². The molecule has 2 N–H and O–H groups in total. The van der Waals surface area contributed by atoms with Crippen LogP contribution in [0.3, 0.4) is 0 Å². The quantitative estimate of drug-likeness (QED) is 0.871. The largest absolute Gasteiger partial charge is 0.456 e. The molecular formula is C17H20ClNO2. The lowest BCUT2D eigenvalue weighted by Gasteiger charge is -2.15. The molecule has 0 saturated heterocycles. The average Bonchev–Trinajstić information content (AvgIpc) is 2.43. The number of hydrogen-bond acceptors (Lipinski definition) is 3. The molecule has 2 aromatic rings. The van der Waals surface area contributed by atoms with Crippen LogP contribution in [-0.2, 0) is 17.8 Å². The highest BCUT2D eigenvalue weighted by Gasteiger charge is 2.11. The maximum atomic E-state index is 6.27. The smallest absolute Gasteiger partial charge is 0.149 e. The second-order valence-electron chi connectivity index (χ2n) is 5.09. The van der Waals surface area contributed by atoms with Gasteiger partial charge < -0.3 is 15.2 Å². The van der Waals surface area contributed by atoms with E-state index in [2.05, 4.69) is 0 Å². The molecule has 1 unspecified atom stereocenters. The average molecular weight is 306 g/mol. The van der Waals surface area contributed by atoms with Crippen LogP contribution in [0, 0.1) is 0 Å². The molecule has 0 aliphatic heterocycles. The summed E-state index contributed by atoms with van der Waals surface area (Å²) in [7, 11) is 1.67. The molecule has 21 heavy (non-hydrogen) atoms. The number of para-hydroxylation sites is 1. The van der Waals surface area contributed by atoms with E-state index in [9.17, 15) is 0 Å². The predicted molar refractivity (Wildman–Crippen MR) is 86.0 cm³/mol. The maximum Gasteiger partial charge on any atom is 0.149 e. The number of ether oxygens (including phenoxy) is 2. The van der Waals surface area contributed by atoms with E-state index in [1.54, 1.807) is 7.11 Å². The van der Waals surface area contributed by atoms with Gasteiger partial charge >= 0.3 is 0 Å². The van der Waals surface area contributed by atoms with Gasteiger partial charge in [-0.1, -0.05) is 35.9 Å². The molecule has 1 atom stereocenters. The minimum atomic E-state index is 0.0469. The Labute approximate surface area is 130 Å². The molecule has 0 saturated carbocycles. The van der Waals surface area contributed by atoms with Crippen LogP contribution in [0.1, 0.15) is 18.1 Å². The van der Waals surface area contributed by atoms with Crippen LogP contribution >= 0.6 is 11.6 Å². The van der Waals surface area contributed by atoms with Crippen LogP contribution in [0.2, 0.25) is 5.02 Å². The molecule has 0 aliphatic carbocycles. The van der Waals surface area contributed by atoms with E-state index >= 15 is 0 Å². The third-order valence-corrected chi connectivity index (χ3v) is 3.32. The lowest BCUT2D eigenvalue weighted by Crippen LogP contribution is -2.18. The zero-order valence-electron chi connectivity index (χ0n) is 12.3. The number of hydrogen-bond donors (Lipinski definition) is 1. The van der Waals surface area contributed by atoms with E-state index in [1.807, 2.05) is 49.4 Å². The van der Waals surface area contributed by atoms with Crippen molar-refractivity contribution < 1.29 is 9.47 Å². The first kappa shape index (κ1) is 15.8. The van der Waals surface area contributed by atoms with Crippen LogP contribution < -0.4 is 10.5 Å². The lowest BCUT2D eigenvalue weighted by molar-refractivity contribution is 0.184. The number of benzene rings is 2. The van der Waals surface area contributed by atoms with E-state index < -0.39 is 0 Å². The van der Waals surface area contributed by atoms with E-state index in [-0.39, 0.29) is 6.04 Å². The second kappa shape index (κ2) is 7.46. The van der Waals surface area contributed by atoms with E-state index in [0.29, 0.717) is 23.8 Å². The highest BCUT2D eigenvalue weighted by Crippen LogP contribution is 2.33. The summed E-state index contributed by atoms with van der Waals surface area (Å²) in [5.41, 5.74) is 7.95. The number of methoxy groups -OCH3 is 1. The summed E-state index contributed by atoms with van der Waals surface area (Å²) in [6.07, 6.45) is 0.716. The first-order valence-electron chi connectivity index (χ1n) is 6.89.